The summed E-state index contributed by atoms with van der Waals surface area (Å²) in [4.78, 5) is 188. The molecule has 108 heavy (non-hydrogen) atoms. The van der Waals surface area contributed by atoms with Gasteiger partial charge in [0, 0.05) is 52.2 Å². The lowest BCUT2D eigenvalue weighted by Crippen LogP contribution is -2.70. The van der Waals surface area contributed by atoms with Crippen molar-refractivity contribution >= 4 is 77.2 Å². The Kier molecular flexibility index (Phi) is 26.5. The maximum absolute atomic E-state index is 15.3. The minimum Gasteiger partial charge on any atom is -0.463 e. The number of carbonyl (C=O) groups is 13. The predicted molar refractivity (Wildman–Crippen MR) is 367 cm³/mol. The van der Waals surface area contributed by atoms with Gasteiger partial charge in [0.2, 0.25) is 0 Å². The second-order valence-corrected chi connectivity index (χ2v) is 26.1. The van der Waals surface area contributed by atoms with Crippen LogP contribution in [-0.4, -0.2) is 212 Å². The summed E-state index contributed by atoms with van der Waals surface area (Å²) in [5, 5.41) is 3.60. The number of Topliss-reactive ketones (excluding diaryl/α,β-unsaturated/α-hetero) is 1. The van der Waals surface area contributed by atoms with Gasteiger partial charge in [-0.25, -0.2) is 14.4 Å². The van der Waals surface area contributed by atoms with Crippen LogP contribution in [-0.2, 0) is 95.1 Å². The average Bonchev–Trinajstić information content (AvgIpc) is 1.53. The first-order valence-corrected chi connectivity index (χ1v) is 34.6. The number of carbonyl (C=O) groups excluding carboxylic acids is 13. The molecular formula is C76H79N5O27. The van der Waals surface area contributed by atoms with Crippen molar-refractivity contribution in [1.82, 2.24) is 9.80 Å². The SMILES string of the molecule is CC(=O)CCC(=O)OC[C@H]1O[C@@H](O[C@H]2[C@@H](OC(C)=O)[C@@H](CO[C@@H]3O[C@H](COC(C)=O)[C@H](OC(C)=O)[C@H](OC(C)=O)[C@H]3N3C(=O)c4ccccc4C3=O)O[C@@H](OCCCCCN=[N+]=[N-])[C@@H]2N2C(=O)c3ccccc3C2=O)[C@H](OC(=O)c2ccc(C)cc2)[C@@H](OC(=O)c2ccc(C)cc2)[C@@H]1OC(=O)c1ccc(C)cc1. The Morgan fingerprint density at radius 1 is 0.417 bits per heavy atom. The summed E-state index contributed by atoms with van der Waals surface area (Å²) in [5.74, 6) is -12.7. The van der Waals surface area contributed by atoms with Crippen molar-refractivity contribution in [3.63, 3.8) is 0 Å². The number of benzene rings is 5. The third kappa shape index (κ3) is 19.0. The molecule has 5 heterocycles. The summed E-state index contributed by atoms with van der Waals surface area (Å²) in [6, 6.07) is 25.4. The van der Waals surface area contributed by atoms with E-state index in [2.05, 4.69) is 10.0 Å². The number of fused-ring (bicyclic) bond motifs is 2. The summed E-state index contributed by atoms with van der Waals surface area (Å²) in [7, 11) is 0. The minimum absolute atomic E-state index is 0.0575. The number of hydrogen-bond donors (Lipinski definition) is 0. The highest BCUT2D eigenvalue weighted by atomic mass is 16.8. The maximum atomic E-state index is 15.3. The quantitative estimate of drug-likeness (QED) is 0.00829. The van der Waals surface area contributed by atoms with Crippen LogP contribution < -0.4 is 0 Å². The molecule has 5 aromatic carbocycles. The average molecular weight is 1490 g/mol. The van der Waals surface area contributed by atoms with Crippen molar-refractivity contribution < 1.29 is 129 Å². The van der Waals surface area contributed by atoms with Gasteiger partial charge >= 0.3 is 47.8 Å². The molecular weight excluding hydrogens is 1410 g/mol. The van der Waals surface area contributed by atoms with Gasteiger partial charge < -0.3 is 71.1 Å². The number of rotatable bonds is 30. The maximum Gasteiger partial charge on any atom is 0.338 e. The molecule has 15 atom stereocenters. The van der Waals surface area contributed by atoms with Gasteiger partial charge in [-0.2, -0.15) is 0 Å². The van der Waals surface area contributed by atoms with E-state index in [4.69, 9.17) is 71.8 Å². The molecule has 0 aliphatic carbocycles. The zero-order valence-electron chi connectivity index (χ0n) is 60.0. The van der Waals surface area contributed by atoms with Gasteiger partial charge in [-0.05, 0) is 107 Å². The highest BCUT2D eigenvalue weighted by molar-refractivity contribution is 6.22. The van der Waals surface area contributed by atoms with Crippen LogP contribution in [0, 0.1) is 20.8 Å². The van der Waals surface area contributed by atoms with Gasteiger partial charge in [-0.3, -0.25) is 53.0 Å². The molecule has 570 valence electrons. The Labute approximate surface area is 618 Å². The van der Waals surface area contributed by atoms with Gasteiger partial charge in [-0.1, -0.05) is 88.9 Å². The van der Waals surface area contributed by atoms with Crippen LogP contribution in [0.3, 0.4) is 0 Å². The number of imide groups is 2. The van der Waals surface area contributed by atoms with Crippen LogP contribution in [0.4, 0.5) is 0 Å². The Hall–Kier alpha value is -11.1. The molecule has 0 spiro atoms. The molecule has 32 heteroatoms. The van der Waals surface area contributed by atoms with Crippen molar-refractivity contribution in [3.8, 4) is 0 Å². The van der Waals surface area contributed by atoms with Crippen LogP contribution in [0.5, 0.6) is 0 Å². The second-order valence-electron chi connectivity index (χ2n) is 26.1. The molecule has 5 aliphatic rings. The first-order valence-electron chi connectivity index (χ1n) is 34.6. The zero-order valence-corrected chi connectivity index (χ0v) is 60.0. The fourth-order valence-corrected chi connectivity index (χ4v) is 12.9. The van der Waals surface area contributed by atoms with E-state index in [0.29, 0.717) is 33.8 Å². The van der Waals surface area contributed by atoms with E-state index in [9.17, 15) is 47.9 Å². The van der Waals surface area contributed by atoms with E-state index in [-0.39, 0.29) is 70.7 Å². The summed E-state index contributed by atoms with van der Waals surface area (Å²) in [6.45, 7) is 7.57. The lowest BCUT2D eigenvalue weighted by Gasteiger charge is -2.51. The largest absolute Gasteiger partial charge is 0.463 e. The fraction of sp³-hybridized carbons (Fsp3) is 0.434. The number of amides is 4. The Morgan fingerprint density at radius 3 is 1.25 bits per heavy atom. The smallest absolute Gasteiger partial charge is 0.338 e. The molecule has 0 unspecified atom stereocenters. The molecule has 3 saturated heterocycles. The van der Waals surface area contributed by atoms with Crippen LogP contribution in [0.25, 0.3) is 10.4 Å². The van der Waals surface area contributed by atoms with Gasteiger partial charge in [0.25, 0.3) is 23.6 Å². The Morgan fingerprint density at radius 2 is 0.806 bits per heavy atom. The number of ketones is 1. The molecule has 3 fully saturated rings. The normalized spacial score (nSPS) is 24.9. The molecule has 5 aromatic rings. The first kappa shape index (κ1) is 79.4. The minimum atomic E-state index is -2.34. The topological polar surface area (TPSA) is 406 Å². The molecule has 4 amide bonds. The molecule has 0 saturated carbocycles. The summed E-state index contributed by atoms with van der Waals surface area (Å²) < 4.78 is 88.9. The second kappa shape index (κ2) is 36.0. The summed E-state index contributed by atoms with van der Waals surface area (Å²) >= 11 is 0. The van der Waals surface area contributed by atoms with Crippen LogP contribution in [0.15, 0.2) is 126 Å². The van der Waals surface area contributed by atoms with Gasteiger partial charge in [0.1, 0.15) is 55.5 Å². The molecule has 0 N–H and O–H groups in total. The van der Waals surface area contributed by atoms with Gasteiger partial charge in [0.15, 0.2) is 55.5 Å². The van der Waals surface area contributed by atoms with E-state index < -0.39 is 190 Å². The molecule has 0 aromatic heterocycles. The van der Waals surface area contributed by atoms with Crippen molar-refractivity contribution in [2.75, 3.05) is 33.0 Å². The third-order valence-corrected chi connectivity index (χ3v) is 18.1. The number of nitrogens with zero attached hydrogens (tertiary/aromatic N) is 5. The molecule has 10 rings (SSSR count). The van der Waals surface area contributed by atoms with Crippen molar-refractivity contribution in [2.45, 2.75) is 179 Å². The van der Waals surface area contributed by atoms with E-state index in [1.54, 1.807) is 57.2 Å². The number of hydrogen-bond acceptors (Lipinski definition) is 28. The lowest BCUT2D eigenvalue weighted by atomic mass is 9.93. The summed E-state index contributed by atoms with van der Waals surface area (Å²) in [6.07, 6.45) is -26.1. The van der Waals surface area contributed by atoms with Crippen LogP contribution >= 0.6 is 0 Å². The Bertz CT molecular complexity index is 4210. The number of unbranched alkanes of at least 4 members (excludes halogenated alkanes) is 2. The van der Waals surface area contributed by atoms with Gasteiger partial charge in [-0.15, -0.1) is 0 Å². The third-order valence-electron chi connectivity index (χ3n) is 18.1. The predicted octanol–water partition coefficient (Wildman–Crippen LogP) is 7.26. The van der Waals surface area contributed by atoms with Crippen LogP contribution in [0.1, 0.15) is 156 Å². The number of esters is 8. The zero-order chi connectivity index (χ0) is 77.6. The lowest BCUT2D eigenvalue weighted by molar-refractivity contribution is -0.353. The van der Waals surface area contributed by atoms with E-state index >= 15 is 14.4 Å². The molecule has 0 bridgehead atoms. The van der Waals surface area contributed by atoms with Crippen LogP contribution in [0.2, 0.25) is 0 Å². The molecule has 5 aliphatic heterocycles. The van der Waals surface area contributed by atoms with Gasteiger partial charge in [0.05, 0.1) is 52.0 Å². The highest BCUT2D eigenvalue weighted by Crippen LogP contribution is 2.42. The van der Waals surface area contributed by atoms with Crippen molar-refractivity contribution in [3.05, 3.63) is 187 Å². The monoisotopic (exact) mass is 1490 g/mol. The van der Waals surface area contributed by atoms with Crippen molar-refractivity contribution in [1.29, 1.82) is 0 Å². The molecule has 0 radical (unpaired) electrons. The van der Waals surface area contributed by atoms with E-state index in [0.717, 1.165) is 33.3 Å². The number of aryl methyl sites for hydroxylation is 3. The Balaban J connectivity index is 1.17. The fourth-order valence-electron chi connectivity index (χ4n) is 12.9. The summed E-state index contributed by atoms with van der Waals surface area (Å²) in [5.41, 5.74) is 10.4. The standard InChI is InChI=1S/C76H79N5O27/c1-39-20-27-47(28-21-39)71(92)105-62-55(37-97-57(87)33-26-42(4)82)104-76(66(107-73(94)49-31-24-41(3)25-32-49)65(62)106-72(93)48-29-22-40(2)23-30-48)108-64-59(81-69(90)52-18-12-13-19-53(52)70(81)91)74(95-35-15-9-14-34-78-79-77)102-56(61(64)100-45(7)85)38-98-75-58(80-67(88)50-16-10-11-17-51(50)68(80)89)63(101-46(8)86)60(99-44(6)84)54(103-75)36-96-43(5)83/h10-13,16-25,27-32,54-56,58-66,74-76H,9,14-15,26,33-38H2,1-8H3/t54-,55-,56-,58-,59-,60+,61+,62-,63-,64-,65+,66-,74-,75-,76+/m1/s1. The number of ether oxygens (including phenoxy) is 14. The van der Waals surface area contributed by atoms with E-state index in [1.165, 1.54) is 91.9 Å². The molecule has 32 nitrogen and oxygen atoms in total. The highest BCUT2D eigenvalue weighted by Gasteiger charge is 2.62. The van der Waals surface area contributed by atoms with Crippen molar-refractivity contribution in [2.24, 2.45) is 5.11 Å². The number of azide groups is 1. The van der Waals surface area contributed by atoms with E-state index in [1.807, 2.05) is 0 Å². The first-order chi connectivity index (χ1) is 51.7.